The maximum Gasteiger partial charge on any atom is 0.277 e. The standard InChI is InChI=1S/C22H24N4O3S/c1-4-16-10-8-9-13-18(16)23-19(27)14-26(3)21(28)15(2)30-22-25-24-20(29-22)17-11-6-5-7-12-17/h5-13,15H,4,14H2,1-3H3,(H,23,27). The van der Waals surface area contributed by atoms with E-state index in [1.165, 1.54) is 16.7 Å². The number of nitrogens with zero attached hydrogens (tertiary/aromatic N) is 3. The van der Waals surface area contributed by atoms with Crippen molar-refractivity contribution >= 4 is 29.3 Å². The molecule has 0 aliphatic carbocycles. The van der Waals surface area contributed by atoms with Crippen LogP contribution in [0.4, 0.5) is 5.69 Å². The third-order valence-electron chi connectivity index (χ3n) is 4.48. The van der Waals surface area contributed by atoms with Crippen LogP contribution in [-0.2, 0) is 16.0 Å². The Morgan fingerprint density at radius 2 is 1.80 bits per heavy atom. The fourth-order valence-corrected chi connectivity index (χ4v) is 3.70. The molecule has 2 amide bonds. The monoisotopic (exact) mass is 424 g/mol. The van der Waals surface area contributed by atoms with Crippen LogP contribution in [0, 0.1) is 0 Å². The number of carbonyl (C=O) groups is 2. The third kappa shape index (κ3) is 5.48. The van der Waals surface area contributed by atoms with E-state index in [0.717, 1.165) is 23.2 Å². The SMILES string of the molecule is CCc1ccccc1NC(=O)CN(C)C(=O)C(C)Sc1nnc(-c2ccccc2)o1. The molecule has 1 atom stereocenters. The Morgan fingerprint density at radius 3 is 2.53 bits per heavy atom. The molecule has 0 aliphatic rings. The first-order chi connectivity index (χ1) is 14.5. The van der Waals surface area contributed by atoms with Crippen LogP contribution in [0.15, 0.2) is 64.2 Å². The number of hydrogen-bond acceptors (Lipinski definition) is 6. The number of likely N-dealkylation sites (N-methyl/N-ethyl adjacent to an activating group) is 1. The molecule has 2 aromatic carbocycles. The third-order valence-corrected chi connectivity index (χ3v) is 5.40. The molecule has 0 aliphatic heterocycles. The number of hydrogen-bond donors (Lipinski definition) is 1. The number of aryl methyl sites for hydroxylation is 1. The molecule has 7 nitrogen and oxygen atoms in total. The van der Waals surface area contributed by atoms with Crippen LogP contribution in [0.2, 0.25) is 0 Å². The maximum absolute atomic E-state index is 12.7. The number of rotatable bonds is 8. The van der Waals surface area contributed by atoms with E-state index < -0.39 is 5.25 Å². The van der Waals surface area contributed by atoms with E-state index >= 15 is 0 Å². The van der Waals surface area contributed by atoms with Gasteiger partial charge in [0.25, 0.3) is 5.22 Å². The Balaban J connectivity index is 1.55. The molecule has 1 aromatic heterocycles. The van der Waals surface area contributed by atoms with Gasteiger partial charge in [0.15, 0.2) is 0 Å². The van der Waals surface area contributed by atoms with Gasteiger partial charge in [0, 0.05) is 18.3 Å². The molecule has 0 spiro atoms. The largest absolute Gasteiger partial charge is 0.411 e. The first kappa shape index (κ1) is 21.6. The second kappa shape index (κ2) is 10.1. The summed E-state index contributed by atoms with van der Waals surface area (Å²) in [5.74, 6) is -0.0356. The number of carbonyl (C=O) groups excluding carboxylic acids is 2. The van der Waals surface area contributed by atoms with Crippen molar-refractivity contribution in [3.63, 3.8) is 0 Å². The predicted octanol–water partition coefficient (Wildman–Crippen LogP) is 3.88. The molecule has 3 rings (SSSR count). The first-order valence-corrected chi connectivity index (χ1v) is 10.5. The molecule has 1 heterocycles. The summed E-state index contributed by atoms with van der Waals surface area (Å²) >= 11 is 1.17. The van der Waals surface area contributed by atoms with Crippen LogP contribution in [0.5, 0.6) is 0 Å². The van der Waals surface area contributed by atoms with E-state index in [0.29, 0.717) is 11.1 Å². The number of anilines is 1. The fourth-order valence-electron chi connectivity index (χ4n) is 2.90. The molecule has 1 unspecified atom stereocenters. The highest BCUT2D eigenvalue weighted by molar-refractivity contribution is 8.00. The van der Waals surface area contributed by atoms with Gasteiger partial charge >= 0.3 is 0 Å². The summed E-state index contributed by atoms with van der Waals surface area (Å²) in [6.07, 6.45) is 0.814. The van der Waals surface area contributed by atoms with Crippen molar-refractivity contribution in [3.05, 3.63) is 60.2 Å². The molecule has 8 heteroatoms. The fraction of sp³-hybridized carbons (Fsp3) is 0.273. The number of nitrogens with one attached hydrogen (secondary N) is 1. The van der Waals surface area contributed by atoms with Gasteiger partial charge in [-0.3, -0.25) is 9.59 Å². The lowest BCUT2D eigenvalue weighted by molar-refractivity contribution is -0.132. The predicted molar refractivity (Wildman–Crippen MR) is 117 cm³/mol. The zero-order valence-electron chi connectivity index (χ0n) is 17.2. The molecule has 0 bridgehead atoms. The van der Waals surface area contributed by atoms with Crippen molar-refractivity contribution in [3.8, 4) is 11.5 Å². The molecule has 0 saturated carbocycles. The van der Waals surface area contributed by atoms with Crippen molar-refractivity contribution in [1.82, 2.24) is 15.1 Å². The Morgan fingerprint density at radius 1 is 1.10 bits per heavy atom. The average Bonchev–Trinajstić information content (AvgIpc) is 3.22. The van der Waals surface area contributed by atoms with Crippen molar-refractivity contribution < 1.29 is 14.0 Å². The lowest BCUT2D eigenvalue weighted by Gasteiger charge is -2.20. The second-order valence-corrected chi connectivity index (χ2v) is 8.04. The maximum atomic E-state index is 12.7. The van der Waals surface area contributed by atoms with Crippen LogP contribution >= 0.6 is 11.8 Å². The lowest BCUT2D eigenvalue weighted by atomic mass is 10.1. The first-order valence-electron chi connectivity index (χ1n) is 9.66. The van der Waals surface area contributed by atoms with Gasteiger partial charge < -0.3 is 14.6 Å². The van der Waals surface area contributed by atoms with E-state index in [1.807, 2.05) is 61.5 Å². The number of benzene rings is 2. The Bertz CT molecular complexity index is 1010. The molecule has 3 aromatic rings. The van der Waals surface area contributed by atoms with Gasteiger partial charge in [0.05, 0.1) is 11.8 Å². The van der Waals surface area contributed by atoms with Gasteiger partial charge in [-0.2, -0.15) is 0 Å². The Kier molecular flexibility index (Phi) is 7.24. The van der Waals surface area contributed by atoms with Crippen molar-refractivity contribution in [2.75, 3.05) is 18.9 Å². The molecule has 0 radical (unpaired) electrons. The summed E-state index contributed by atoms with van der Waals surface area (Å²) in [6.45, 7) is 3.74. The smallest absolute Gasteiger partial charge is 0.277 e. The van der Waals surface area contributed by atoms with Crippen molar-refractivity contribution in [1.29, 1.82) is 0 Å². The summed E-state index contributed by atoms with van der Waals surface area (Å²) in [4.78, 5) is 26.5. The number of thioether (sulfide) groups is 1. The summed E-state index contributed by atoms with van der Waals surface area (Å²) in [5, 5.41) is 10.7. The van der Waals surface area contributed by atoms with Crippen molar-refractivity contribution in [2.45, 2.75) is 30.7 Å². The van der Waals surface area contributed by atoms with Crippen LogP contribution < -0.4 is 5.32 Å². The molecule has 156 valence electrons. The lowest BCUT2D eigenvalue weighted by Crippen LogP contribution is -2.39. The van der Waals surface area contributed by atoms with Crippen molar-refractivity contribution in [2.24, 2.45) is 0 Å². The highest BCUT2D eigenvalue weighted by Crippen LogP contribution is 2.26. The zero-order chi connectivity index (χ0) is 21.5. The summed E-state index contributed by atoms with van der Waals surface area (Å²) in [6, 6.07) is 17.1. The summed E-state index contributed by atoms with van der Waals surface area (Å²) in [7, 11) is 1.61. The van der Waals surface area contributed by atoms with E-state index in [2.05, 4.69) is 15.5 Å². The van der Waals surface area contributed by atoms with Crippen LogP contribution in [-0.4, -0.2) is 45.8 Å². The van der Waals surface area contributed by atoms with Crippen LogP contribution in [0.25, 0.3) is 11.5 Å². The second-order valence-electron chi connectivity index (χ2n) is 6.75. The van der Waals surface area contributed by atoms with Crippen LogP contribution in [0.1, 0.15) is 19.4 Å². The molecule has 0 saturated heterocycles. The number of aromatic nitrogens is 2. The van der Waals surface area contributed by atoms with E-state index in [1.54, 1.807) is 14.0 Å². The van der Waals surface area contributed by atoms with Gasteiger partial charge in [-0.1, -0.05) is 55.1 Å². The molecular weight excluding hydrogens is 400 g/mol. The minimum Gasteiger partial charge on any atom is -0.411 e. The summed E-state index contributed by atoms with van der Waals surface area (Å²) in [5.41, 5.74) is 2.64. The molecule has 0 fully saturated rings. The highest BCUT2D eigenvalue weighted by Gasteiger charge is 2.23. The molecular formula is C22H24N4O3S. The topological polar surface area (TPSA) is 88.3 Å². The van der Waals surface area contributed by atoms with E-state index in [4.69, 9.17) is 4.42 Å². The Labute approximate surface area is 179 Å². The zero-order valence-corrected chi connectivity index (χ0v) is 18.0. The van der Waals surface area contributed by atoms with Gasteiger partial charge in [0.2, 0.25) is 17.7 Å². The number of amides is 2. The normalized spacial score (nSPS) is 11.7. The van der Waals surface area contributed by atoms with E-state index in [-0.39, 0.29) is 18.4 Å². The van der Waals surface area contributed by atoms with Gasteiger partial charge in [-0.05, 0) is 37.1 Å². The van der Waals surface area contributed by atoms with Crippen LogP contribution in [0.3, 0.4) is 0 Å². The average molecular weight is 425 g/mol. The Hall–Kier alpha value is -3.13. The van der Waals surface area contributed by atoms with Gasteiger partial charge in [-0.15, -0.1) is 10.2 Å². The molecule has 30 heavy (non-hydrogen) atoms. The quantitative estimate of drug-likeness (QED) is 0.552. The number of para-hydroxylation sites is 1. The highest BCUT2D eigenvalue weighted by atomic mass is 32.2. The van der Waals surface area contributed by atoms with Gasteiger partial charge in [-0.25, -0.2) is 0 Å². The molecule has 1 N–H and O–H groups in total. The minimum absolute atomic E-state index is 0.0408. The van der Waals surface area contributed by atoms with E-state index in [9.17, 15) is 9.59 Å². The minimum atomic E-state index is -0.477. The summed E-state index contributed by atoms with van der Waals surface area (Å²) < 4.78 is 5.65. The van der Waals surface area contributed by atoms with Gasteiger partial charge in [0.1, 0.15) is 0 Å².